The topological polar surface area (TPSA) is 59.9 Å². The maximum absolute atomic E-state index is 5.68. The first-order valence-electron chi connectivity index (χ1n) is 7.82. The number of anilines is 1. The van der Waals surface area contributed by atoms with Crippen LogP contribution in [0.2, 0.25) is 0 Å². The summed E-state index contributed by atoms with van der Waals surface area (Å²) >= 11 is 0. The molecule has 0 amide bonds. The molecule has 0 aliphatic carbocycles. The minimum atomic E-state index is 0.284. The summed E-state index contributed by atoms with van der Waals surface area (Å²) in [5.41, 5.74) is 2.30. The Kier molecular flexibility index (Phi) is 4.63. The molecule has 5 heteroatoms. The van der Waals surface area contributed by atoms with Crippen LogP contribution in [0.15, 0.2) is 30.6 Å². The summed E-state index contributed by atoms with van der Waals surface area (Å²) in [4.78, 5) is 13.1. The maximum Gasteiger partial charge on any atom is 0.130 e. The van der Waals surface area contributed by atoms with E-state index in [2.05, 4.69) is 39.3 Å². The highest BCUT2D eigenvalue weighted by molar-refractivity contribution is 5.37. The molecule has 1 N–H and O–H groups in total. The summed E-state index contributed by atoms with van der Waals surface area (Å²) in [5, 5.41) is 3.54. The molecule has 116 valence electrons. The molecule has 2 atom stereocenters. The minimum Gasteiger partial charge on any atom is -0.379 e. The monoisotopic (exact) mass is 298 g/mol. The van der Waals surface area contributed by atoms with Crippen LogP contribution >= 0.6 is 0 Å². The Balaban J connectivity index is 1.70. The molecular weight excluding hydrogens is 276 g/mol. The molecule has 0 spiro atoms. The van der Waals surface area contributed by atoms with E-state index in [1.165, 1.54) is 5.56 Å². The molecule has 0 radical (unpaired) electrons. The van der Waals surface area contributed by atoms with Crippen molar-refractivity contribution in [3.63, 3.8) is 0 Å². The summed E-state index contributed by atoms with van der Waals surface area (Å²) in [6.45, 7) is 5.58. The van der Waals surface area contributed by atoms with Crippen molar-refractivity contribution in [2.75, 3.05) is 18.5 Å². The van der Waals surface area contributed by atoms with Gasteiger partial charge in [0, 0.05) is 36.5 Å². The fourth-order valence-corrected chi connectivity index (χ4v) is 2.83. The van der Waals surface area contributed by atoms with Gasteiger partial charge in [-0.15, -0.1) is 0 Å². The smallest absolute Gasteiger partial charge is 0.130 e. The summed E-state index contributed by atoms with van der Waals surface area (Å²) in [6, 6.07) is 6.42. The molecule has 2 aromatic heterocycles. The van der Waals surface area contributed by atoms with Crippen molar-refractivity contribution in [1.82, 2.24) is 15.0 Å². The van der Waals surface area contributed by atoms with Crippen LogP contribution in [0, 0.1) is 12.8 Å². The van der Waals surface area contributed by atoms with Crippen LogP contribution in [0.1, 0.15) is 24.0 Å². The van der Waals surface area contributed by atoms with Crippen LogP contribution in [0.5, 0.6) is 0 Å². The Hall–Kier alpha value is -2.01. The number of aryl methyl sites for hydroxylation is 2. The lowest BCUT2D eigenvalue weighted by Crippen LogP contribution is -2.30. The Morgan fingerprint density at radius 1 is 1.23 bits per heavy atom. The summed E-state index contributed by atoms with van der Waals surface area (Å²) < 4.78 is 5.68. The summed E-state index contributed by atoms with van der Waals surface area (Å²) in [7, 11) is 0. The molecule has 22 heavy (non-hydrogen) atoms. The number of nitrogens with one attached hydrogen (secondary N) is 1. The first kappa shape index (κ1) is 14.9. The standard InChI is InChI=1S/C17H22N4O/c1-3-16-19-12(2)8-17(21-16)20-15-11-22-10-14(15)9-13-4-6-18-7-5-13/h4-8,14-15H,3,9-11H2,1-2H3,(H,19,20,21)/t14-,15+/m1/s1. The van der Waals surface area contributed by atoms with Crippen molar-refractivity contribution in [1.29, 1.82) is 0 Å². The molecule has 1 aliphatic rings. The third-order valence-corrected chi connectivity index (χ3v) is 4.00. The Labute approximate surface area is 131 Å². The van der Waals surface area contributed by atoms with E-state index >= 15 is 0 Å². The molecular formula is C17H22N4O. The van der Waals surface area contributed by atoms with E-state index in [1.54, 1.807) is 0 Å². The van der Waals surface area contributed by atoms with Gasteiger partial charge in [0.05, 0.1) is 19.3 Å². The average molecular weight is 298 g/mol. The lowest BCUT2D eigenvalue weighted by atomic mass is 9.95. The van der Waals surface area contributed by atoms with Crippen molar-refractivity contribution in [3.05, 3.63) is 47.7 Å². The van der Waals surface area contributed by atoms with E-state index in [-0.39, 0.29) is 6.04 Å². The summed E-state index contributed by atoms with van der Waals surface area (Å²) in [5.74, 6) is 2.23. The van der Waals surface area contributed by atoms with Crippen molar-refractivity contribution < 1.29 is 4.74 Å². The lowest BCUT2D eigenvalue weighted by molar-refractivity contribution is 0.185. The van der Waals surface area contributed by atoms with Gasteiger partial charge >= 0.3 is 0 Å². The molecule has 0 bridgehead atoms. The molecule has 0 unspecified atom stereocenters. The van der Waals surface area contributed by atoms with E-state index in [4.69, 9.17) is 4.74 Å². The molecule has 0 aromatic carbocycles. The van der Waals surface area contributed by atoms with E-state index < -0.39 is 0 Å². The molecule has 5 nitrogen and oxygen atoms in total. The first-order chi connectivity index (χ1) is 10.7. The van der Waals surface area contributed by atoms with E-state index in [9.17, 15) is 0 Å². The van der Waals surface area contributed by atoms with Crippen LogP contribution in [0.25, 0.3) is 0 Å². The quantitative estimate of drug-likeness (QED) is 0.918. The predicted octanol–water partition coefficient (Wildman–Crippen LogP) is 2.41. The van der Waals surface area contributed by atoms with Crippen LogP contribution in [0.4, 0.5) is 5.82 Å². The van der Waals surface area contributed by atoms with Crippen molar-refractivity contribution in [2.45, 2.75) is 32.7 Å². The lowest BCUT2D eigenvalue weighted by Gasteiger charge is -2.20. The molecule has 3 heterocycles. The number of pyridine rings is 1. The zero-order chi connectivity index (χ0) is 15.4. The minimum absolute atomic E-state index is 0.284. The van der Waals surface area contributed by atoms with Crippen LogP contribution in [-0.4, -0.2) is 34.2 Å². The number of ether oxygens (including phenoxy) is 1. The second-order valence-corrected chi connectivity index (χ2v) is 5.77. The van der Waals surface area contributed by atoms with Crippen molar-refractivity contribution in [2.24, 2.45) is 5.92 Å². The van der Waals surface area contributed by atoms with Gasteiger partial charge in [-0.25, -0.2) is 9.97 Å². The second kappa shape index (κ2) is 6.83. The summed E-state index contributed by atoms with van der Waals surface area (Å²) in [6.07, 6.45) is 5.52. The largest absolute Gasteiger partial charge is 0.379 e. The maximum atomic E-state index is 5.68. The molecule has 3 rings (SSSR count). The van der Waals surface area contributed by atoms with Gasteiger partial charge < -0.3 is 10.1 Å². The number of rotatable bonds is 5. The Bertz CT molecular complexity index is 617. The average Bonchev–Trinajstić information content (AvgIpc) is 2.94. The Morgan fingerprint density at radius 3 is 2.82 bits per heavy atom. The third-order valence-electron chi connectivity index (χ3n) is 4.00. The SMILES string of the molecule is CCc1nc(C)cc(N[C@H]2COC[C@H]2Cc2ccncc2)n1. The molecule has 1 aliphatic heterocycles. The first-order valence-corrected chi connectivity index (χ1v) is 7.82. The second-order valence-electron chi connectivity index (χ2n) is 5.77. The van der Waals surface area contributed by atoms with Crippen LogP contribution in [0.3, 0.4) is 0 Å². The highest BCUT2D eigenvalue weighted by Gasteiger charge is 2.28. The van der Waals surface area contributed by atoms with E-state index in [1.807, 2.05) is 25.4 Å². The van der Waals surface area contributed by atoms with Gasteiger partial charge in [0.25, 0.3) is 0 Å². The highest BCUT2D eigenvalue weighted by atomic mass is 16.5. The molecule has 2 aromatic rings. The van der Waals surface area contributed by atoms with Crippen molar-refractivity contribution >= 4 is 5.82 Å². The van der Waals surface area contributed by atoms with Gasteiger partial charge in [-0.3, -0.25) is 4.98 Å². The van der Waals surface area contributed by atoms with Crippen molar-refractivity contribution in [3.8, 4) is 0 Å². The van der Waals surface area contributed by atoms with Crippen LogP contribution < -0.4 is 5.32 Å². The van der Waals surface area contributed by atoms with Gasteiger partial charge in [-0.2, -0.15) is 0 Å². The van der Waals surface area contributed by atoms with Gasteiger partial charge in [0.1, 0.15) is 11.6 Å². The van der Waals surface area contributed by atoms with Gasteiger partial charge in [-0.05, 0) is 31.0 Å². The number of aromatic nitrogens is 3. The molecule has 1 fully saturated rings. The fourth-order valence-electron chi connectivity index (χ4n) is 2.83. The van der Waals surface area contributed by atoms with Gasteiger partial charge in [-0.1, -0.05) is 6.92 Å². The molecule has 0 saturated carbocycles. The third kappa shape index (κ3) is 3.60. The highest BCUT2D eigenvalue weighted by Crippen LogP contribution is 2.22. The van der Waals surface area contributed by atoms with Crippen LogP contribution in [-0.2, 0) is 17.6 Å². The van der Waals surface area contributed by atoms with E-state index in [0.717, 1.165) is 43.4 Å². The number of hydrogen-bond acceptors (Lipinski definition) is 5. The fraction of sp³-hybridized carbons (Fsp3) is 0.471. The normalized spacial score (nSPS) is 21.0. The zero-order valence-corrected chi connectivity index (χ0v) is 13.1. The Morgan fingerprint density at radius 2 is 2.05 bits per heavy atom. The molecule has 1 saturated heterocycles. The van der Waals surface area contributed by atoms with E-state index in [0.29, 0.717) is 5.92 Å². The number of nitrogens with zero attached hydrogens (tertiary/aromatic N) is 3. The predicted molar refractivity (Wildman–Crippen MR) is 85.8 cm³/mol. The van der Waals surface area contributed by atoms with Gasteiger partial charge in [0.15, 0.2) is 0 Å². The zero-order valence-electron chi connectivity index (χ0n) is 13.1. The van der Waals surface area contributed by atoms with Gasteiger partial charge in [0.2, 0.25) is 0 Å². The number of hydrogen-bond donors (Lipinski definition) is 1.